The Kier molecular flexibility index (Phi) is 7.52. The smallest absolute Gasteiger partial charge is 0.0351 e. The zero-order valence-electron chi connectivity index (χ0n) is 6.69. The molecule has 0 aromatic rings. The molecule has 1 rings (SSSR count). The SMILES string of the molecule is C1=CCCCC1.CCC. The largest absolute Gasteiger partial charge is 0.0885 e. The molecule has 1 aliphatic rings. The maximum atomic E-state index is 2.27. The number of allylic oxidation sites excluding steroid dienone is 2. The lowest BCUT2D eigenvalue weighted by Crippen LogP contribution is -1.77. The minimum Gasteiger partial charge on any atom is -0.0885 e. The molecule has 0 aliphatic heterocycles. The highest BCUT2D eigenvalue weighted by atomic mass is 13.9. The third-order valence-corrected chi connectivity index (χ3v) is 1.16. The van der Waals surface area contributed by atoms with Crippen LogP contribution in [0.1, 0.15) is 46.0 Å². The summed E-state index contributed by atoms with van der Waals surface area (Å²) < 4.78 is 0. The van der Waals surface area contributed by atoms with Crippen molar-refractivity contribution in [1.82, 2.24) is 0 Å². The molecule has 0 fully saturated rings. The predicted molar refractivity (Wildman–Crippen MR) is 43.6 cm³/mol. The molecule has 1 aliphatic carbocycles. The minimum atomic E-state index is 1.25. The first-order valence-corrected chi connectivity index (χ1v) is 4.06. The highest BCUT2D eigenvalue weighted by molar-refractivity contribution is 4.85. The molecule has 9 heavy (non-hydrogen) atoms. The number of hydrogen-bond donors (Lipinski definition) is 0. The van der Waals surface area contributed by atoms with Gasteiger partial charge in [-0.1, -0.05) is 32.4 Å². The van der Waals surface area contributed by atoms with Gasteiger partial charge in [-0.2, -0.15) is 0 Å². The van der Waals surface area contributed by atoms with Crippen molar-refractivity contribution in [3.63, 3.8) is 0 Å². The van der Waals surface area contributed by atoms with E-state index in [9.17, 15) is 0 Å². The summed E-state index contributed by atoms with van der Waals surface area (Å²) in [7, 11) is 0. The third-order valence-electron chi connectivity index (χ3n) is 1.16. The molecule has 0 aromatic heterocycles. The summed E-state index contributed by atoms with van der Waals surface area (Å²) in [5.41, 5.74) is 0. The van der Waals surface area contributed by atoms with Gasteiger partial charge in [-0.25, -0.2) is 0 Å². The van der Waals surface area contributed by atoms with Gasteiger partial charge < -0.3 is 0 Å². The van der Waals surface area contributed by atoms with Gasteiger partial charge in [0, 0.05) is 0 Å². The van der Waals surface area contributed by atoms with Gasteiger partial charge in [0.2, 0.25) is 0 Å². The van der Waals surface area contributed by atoms with Crippen LogP contribution in [0.5, 0.6) is 0 Å². The lowest BCUT2D eigenvalue weighted by molar-refractivity contribution is 0.730. The Hall–Kier alpha value is -0.260. The molecule has 0 saturated heterocycles. The van der Waals surface area contributed by atoms with Crippen LogP contribution < -0.4 is 0 Å². The average molecular weight is 126 g/mol. The molecule has 0 aromatic carbocycles. The van der Waals surface area contributed by atoms with E-state index < -0.39 is 0 Å². The summed E-state index contributed by atoms with van der Waals surface area (Å²) in [5, 5.41) is 0. The maximum Gasteiger partial charge on any atom is -0.0351 e. The number of hydrogen-bond acceptors (Lipinski definition) is 0. The molecule has 0 radical (unpaired) electrons. The van der Waals surface area contributed by atoms with Gasteiger partial charge in [0.05, 0.1) is 0 Å². The second-order valence-electron chi connectivity index (χ2n) is 2.46. The molecule has 0 heterocycles. The maximum absolute atomic E-state index is 2.27. The van der Waals surface area contributed by atoms with E-state index in [1.165, 1.54) is 32.1 Å². The van der Waals surface area contributed by atoms with Crippen LogP contribution in [-0.4, -0.2) is 0 Å². The summed E-state index contributed by atoms with van der Waals surface area (Å²) in [6, 6.07) is 0. The van der Waals surface area contributed by atoms with E-state index in [-0.39, 0.29) is 0 Å². The second-order valence-corrected chi connectivity index (χ2v) is 2.46. The zero-order chi connectivity index (χ0) is 6.95. The highest BCUT2D eigenvalue weighted by Gasteiger charge is 1.87. The molecular formula is C9H18. The van der Waals surface area contributed by atoms with E-state index >= 15 is 0 Å². The molecule has 0 atom stereocenters. The molecule has 0 bridgehead atoms. The topological polar surface area (TPSA) is 0 Å². The van der Waals surface area contributed by atoms with E-state index in [0.29, 0.717) is 0 Å². The fourth-order valence-electron chi connectivity index (χ4n) is 0.760. The monoisotopic (exact) mass is 126 g/mol. The summed E-state index contributed by atoms with van der Waals surface area (Å²) in [4.78, 5) is 0. The van der Waals surface area contributed by atoms with Gasteiger partial charge in [0.25, 0.3) is 0 Å². The Balaban J connectivity index is 0.000000187. The van der Waals surface area contributed by atoms with Crippen molar-refractivity contribution in [3.8, 4) is 0 Å². The van der Waals surface area contributed by atoms with Gasteiger partial charge in [-0.3, -0.25) is 0 Å². The molecule has 0 spiro atoms. The van der Waals surface area contributed by atoms with Crippen LogP contribution in [0.15, 0.2) is 12.2 Å². The number of rotatable bonds is 0. The lowest BCUT2D eigenvalue weighted by Gasteiger charge is -1.97. The molecule has 0 saturated carbocycles. The quantitative estimate of drug-likeness (QED) is 0.435. The van der Waals surface area contributed by atoms with E-state index in [2.05, 4.69) is 26.0 Å². The van der Waals surface area contributed by atoms with Crippen LogP contribution in [-0.2, 0) is 0 Å². The highest BCUT2D eigenvalue weighted by Crippen LogP contribution is 2.07. The standard InChI is InChI=1S/C6H10.C3H8/c1-2-4-6-5-3-1;1-3-2/h1-2H,3-6H2;3H2,1-2H3. The molecule has 0 heteroatoms. The summed E-state index contributed by atoms with van der Waals surface area (Å²) in [5.74, 6) is 0. The van der Waals surface area contributed by atoms with Crippen LogP contribution in [0.4, 0.5) is 0 Å². The van der Waals surface area contributed by atoms with E-state index in [4.69, 9.17) is 0 Å². The van der Waals surface area contributed by atoms with E-state index in [1.54, 1.807) is 0 Å². The third kappa shape index (κ3) is 7.74. The van der Waals surface area contributed by atoms with Crippen molar-refractivity contribution in [2.24, 2.45) is 0 Å². The second kappa shape index (κ2) is 7.74. The average Bonchev–Trinajstić information content (AvgIpc) is 1.93. The van der Waals surface area contributed by atoms with Crippen LogP contribution >= 0.6 is 0 Å². The fourth-order valence-corrected chi connectivity index (χ4v) is 0.760. The van der Waals surface area contributed by atoms with Crippen molar-refractivity contribution in [2.45, 2.75) is 46.0 Å². The first kappa shape index (κ1) is 8.74. The van der Waals surface area contributed by atoms with E-state index in [1.807, 2.05) is 0 Å². The molecule has 0 unspecified atom stereocenters. The van der Waals surface area contributed by atoms with Crippen LogP contribution in [0, 0.1) is 0 Å². The van der Waals surface area contributed by atoms with Crippen molar-refractivity contribution in [3.05, 3.63) is 12.2 Å². The van der Waals surface area contributed by atoms with Gasteiger partial charge in [0.15, 0.2) is 0 Å². The molecule has 0 amide bonds. The van der Waals surface area contributed by atoms with Gasteiger partial charge in [-0.05, 0) is 25.7 Å². The Morgan fingerprint density at radius 1 is 1.00 bits per heavy atom. The Morgan fingerprint density at radius 2 is 1.33 bits per heavy atom. The van der Waals surface area contributed by atoms with Gasteiger partial charge in [-0.15, -0.1) is 0 Å². The molecule has 0 nitrogen and oxygen atoms in total. The van der Waals surface area contributed by atoms with Gasteiger partial charge >= 0.3 is 0 Å². The first-order chi connectivity index (χ1) is 4.41. The first-order valence-electron chi connectivity index (χ1n) is 4.06. The van der Waals surface area contributed by atoms with Crippen LogP contribution in [0.25, 0.3) is 0 Å². The van der Waals surface area contributed by atoms with Crippen molar-refractivity contribution < 1.29 is 0 Å². The Bertz CT molecular complexity index is 54.4. The summed E-state index contributed by atoms with van der Waals surface area (Å²) in [6.45, 7) is 4.25. The Labute approximate surface area is 59.0 Å². The molecule has 54 valence electrons. The van der Waals surface area contributed by atoms with Crippen LogP contribution in [0.3, 0.4) is 0 Å². The molecule has 0 N–H and O–H groups in total. The normalized spacial score (nSPS) is 16.2. The van der Waals surface area contributed by atoms with Crippen molar-refractivity contribution >= 4 is 0 Å². The lowest BCUT2D eigenvalue weighted by atomic mass is 10.1. The minimum absolute atomic E-state index is 1.25. The summed E-state index contributed by atoms with van der Waals surface area (Å²) >= 11 is 0. The zero-order valence-corrected chi connectivity index (χ0v) is 6.69. The van der Waals surface area contributed by atoms with Gasteiger partial charge in [0.1, 0.15) is 0 Å². The van der Waals surface area contributed by atoms with E-state index in [0.717, 1.165) is 0 Å². The van der Waals surface area contributed by atoms with Crippen LogP contribution in [0.2, 0.25) is 0 Å². The Morgan fingerprint density at radius 3 is 1.44 bits per heavy atom. The predicted octanol–water partition coefficient (Wildman–Crippen LogP) is 3.53. The van der Waals surface area contributed by atoms with Crippen molar-refractivity contribution in [2.75, 3.05) is 0 Å². The van der Waals surface area contributed by atoms with Crippen molar-refractivity contribution in [1.29, 1.82) is 0 Å². The summed E-state index contributed by atoms with van der Waals surface area (Å²) in [6.07, 6.45) is 11.2. The molecular weight excluding hydrogens is 108 g/mol. The fraction of sp³-hybridized carbons (Fsp3) is 0.778.